The summed E-state index contributed by atoms with van der Waals surface area (Å²) >= 11 is 3.35. The van der Waals surface area contributed by atoms with Gasteiger partial charge < -0.3 is 4.42 Å². The van der Waals surface area contributed by atoms with Crippen LogP contribution in [0.5, 0.6) is 0 Å². The Morgan fingerprint density at radius 2 is 2.10 bits per heavy atom. The number of oxazole rings is 1. The van der Waals surface area contributed by atoms with Crippen molar-refractivity contribution >= 4 is 50.1 Å². The van der Waals surface area contributed by atoms with Crippen molar-refractivity contribution in [2.45, 2.75) is 51.0 Å². The van der Waals surface area contributed by atoms with Gasteiger partial charge in [-0.15, -0.1) is 16.4 Å². The highest BCUT2D eigenvalue weighted by atomic mass is 32.2. The fourth-order valence-corrected chi connectivity index (χ4v) is 6.41. The molecule has 5 aromatic rings. The molecule has 4 heterocycles. The van der Waals surface area contributed by atoms with Crippen molar-refractivity contribution in [1.29, 1.82) is 0 Å². The van der Waals surface area contributed by atoms with Crippen molar-refractivity contribution in [1.82, 2.24) is 24.6 Å². The number of rotatable bonds is 3. The third-order valence-electron chi connectivity index (χ3n) is 6.25. The summed E-state index contributed by atoms with van der Waals surface area (Å²) in [5, 5.41) is 6.51. The smallest absolute Gasteiger partial charge is 0.257 e. The van der Waals surface area contributed by atoms with Gasteiger partial charge in [0.05, 0.1) is 11.1 Å². The highest BCUT2D eigenvalue weighted by molar-refractivity contribution is 7.98. The van der Waals surface area contributed by atoms with Crippen LogP contribution in [-0.4, -0.2) is 24.6 Å². The summed E-state index contributed by atoms with van der Waals surface area (Å²) in [6.07, 6.45) is 5.25. The first-order valence-corrected chi connectivity index (χ1v) is 12.4. The van der Waals surface area contributed by atoms with Gasteiger partial charge in [-0.3, -0.25) is 0 Å². The number of nitrogens with zero attached hydrogens (tertiary/aromatic N) is 5. The molecule has 0 bridgehead atoms. The van der Waals surface area contributed by atoms with Crippen molar-refractivity contribution in [3.63, 3.8) is 0 Å². The van der Waals surface area contributed by atoms with Gasteiger partial charge in [-0.1, -0.05) is 44.7 Å². The molecule has 0 radical (unpaired) electrons. The summed E-state index contributed by atoms with van der Waals surface area (Å²) < 4.78 is 7.64. The maximum atomic E-state index is 5.81. The Kier molecular flexibility index (Phi) is 4.37. The highest BCUT2D eigenvalue weighted by Gasteiger charge is 2.31. The number of hydrogen-bond donors (Lipinski definition) is 0. The Morgan fingerprint density at radius 3 is 2.94 bits per heavy atom. The van der Waals surface area contributed by atoms with E-state index in [1.807, 2.05) is 40.1 Å². The topological polar surface area (TPSA) is 69.1 Å². The van der Waals surface area contributed by atoms with Gasteiger partial charge in [-0.2, -0.15) is 0 Å². The van der Waals surface area contributed by atoms with E-state index in [2.05, 4.69) is 30.9 Å². The van der Waals surface area contributed by atoms with E-state index in [-0.39, 0.29) is 0 Å². The van der Waals surface area contributed by atoms with Crippen LogP contribution in [0.2, 0.25) is 0 Å². The average molecular weight is 450 g/mol. The summed E-state index contributed by atoms with van der Waals surface area (Å²) in [7, 11) is 0. The molecule has 6 nitrogen and oxygen atoms in total. The van der Waals surface area contributed by atoms with Gasteiger partial charge in [0, 0.05) is 4.88 Å². The number of aryl methyl sites for hydroxylation is 1. The number of aromatic nitrogens is 5. The minimum absolute atomic E-state index is 0.334. The lowest BCUT2D eigenvalue weighted by atomic mass is 9.72. The van der Waals surface area contributed by atoms with Crippen molar-refractivity contribution in [3.05, 3.63) is 46.9 Å². The molecular weight excluding hydrogens is 426 g/mol. The van der Waals surface area contributed by atoms with Gasteiger partial charge in [-0.05, 0) is 48.3 Å². The third kappa shape index (κ3) is 3.32. The van der Waals surface area contributed by atoms with Gasteiger partial charge in [-0.25, -0.2) is 19.5 Å². The first kappa shape index (κ1) is 19.3. The number of hydrogen-bond acceptors (Lipinski definition) is 7. The summed E-state index contributed by atoms with van der Waals surface area (Å²) in [5.74, 6) is 2.09. The minimum atomic E-state index is 0.334. The second-order valence-electron chi connectivity index (χ2n) is 9.27. The first-order chi connectivity index (χ1) is 15.0. The van der Waals surface area contributed by atoms with Gasteiger partial charge in [0.15, 0.2) is 17.1 Å². The van der Waals surface area contributed by atoms with Crippen molar-refractivity contribution < 1.29 is 4.42 Å². The zero-order chi connectivity index (χ0) is 21.2. The average Bonchev–Trinajstić information content (AvgIpc) is 3.44. The molecule has 0 unspecified atom stereocenters. The number of thioether (sulfide) groups is 1. The number of para-hydroxylation sites is 2. The van der Waals surface area contributed by atoms with E-state index in [0.717, 1.165) is 40.2 Å². The van der Waals surface area contributed by atoms with E-state index in [4.69, 9.17) is 14.4 Å². The van der Waals surface area contributed by atoms with E-state index >= 15 is 0 Å². The fraction of sp³-hybridized carbons (Fsp3) is 0.391. The van der Waals surface area contributed by atoms with E-state index in [1.165, 1.54) is 34.0 Å². The molecular formula is C23H23N5OS2. The highest BCUT2D eigenvalue weighted by Crippen LogP contribution is 2.43. The van der Waals surface area contributed by atoms with Crippen LogP contribution in [0.1, 0.15) is 43.5 Å². The second kappa shape index (κ2) is 7.03. The lowest BCUT2D eigenvalue weighted by molar-refractivity contribution is 0.218. The largest absolute Gasteiger partial charge is 0.431 e. The van der Waals surface area contributed by atoms with E-state index in [0.29, 0.717) is 22.3 Å². The molecule has 158 valence electrons. The molecule has 1 atom stereocenters. The third-order valence-corrected chi connectivity index (χ3v) is 8.24. The Hall–Kier alpha value is -2.45. The maximum absolute atomic E-state index is 5.81. The Bertz CT molecular complexity index is 1390. The Labute approximate surface area is 188 Å². The minimum Gasteiger partial charge on any atom is -0.431 e. The van der Waals surface area contributed by atoms with Crippen LogP contribution in [0.3, 0.4) is 0 Å². The van der Waals surface area contributed by atoms with Crippen LogP contribution in [-0.2, 0) is 18.6 Å². The molecule has 0 saturated carbocycles. The van der Waals surface area contributed by atoms with Crippen LogP contribution in [0, 0.1) is 11.3 Å². The first-order valence-electron chi connectivity index (χ1n) is 10.6. The molecule has 8 heteroatoms. The zero-order valence-corrected chi connectivity index (χ0v) is 19.4. The molecule has 1 aliphatic rings. The maximum Gasteiger partial charge on any atom is 0.257 e. The molecule has 0 spiro atoms. The number of thiophene rings is 1. The fourth-order valence-electron chi connectivity index (χ4n) is 4.46. The van der Waals surface area contributed by atoms with Crippen LogP contribution >= 0.6 is 23.1 Å². The van der Waals surface area contributed by atoms with E-state index in [1.54, 1.807) is 6.33 Å². The molecule has 6 rings (SSSR count). The molecule has 1 aromatic carbocycles. The van der Waals surface area contributed by atoms with Gasteiger partial charge >= 0.3 is 0 Å². The molecule has 0 N–H and O–H groups in total. The van der Waals surface area contributed by atoms with Gasteiger partial charge in [0.2, 0.25) is 0 Å². The quantitative estimate of drug-likeness (QED) is 0.318. The second-order valence-corrected chi connectivity index (χ2v) is 11.3. The summed E-state index contributed by atoms with van der Waals surface area (Å²) in [6.45, 7) is 7.06. The van der Waals surface area contributed by atoms with E-state index < -0.39 is 0 Å². The van der Waals surface area contributed by atoms with E-state index in [9.17, 15) is 0 Å². The van der Waals surface area contributed by atoms with Gasteiger partial charge in [0.25, 0.3) is 5.22 Å². The zero-order valence-electron chi connectivity index (χ0n) is 17.8. The molecule has 0 fully saturated rings. The Morgan fingerprint density at radius 1 is 1.23 bits per heavy atom. The van der Waals surface area contributed by atoms with Crippen molar-refractivity contribution in [3.8, 4) is 0 Å². The van der Waals surface area contributed by atoms with Crippen LogP contribution < -0.4 is 0 Å². The summed E-state index contributed by atoms with van der Waals surface area (Å²) in [5.41, 5.74) is 4.37. The normalized spacial score (nSPS) is 17.1. The predicted molar refractivity (Wildman–Crippen MR) is 125 cm³/mol. The monoisotopic (exact) mass is 449 g/mol. The molecule has 4 aromatic heterocycles. The van der Waals surface area contributed by atoms with Crippen LogP contribution in [0.25, 0.3) is 27.0 Å². The number of benzene rings is 1. The Balaban J connectivity index is 1.32. The molecule has 0 aliphatic heterocycles. The SMILES string of the molecule is CC(C)(C)[C@H]1CCc2c(sc3ncn4nc(CSc5nc6ccccc6o5)nc4c23)C1. The predicted octanol–water partition coefficient (Wildman–Crippen LogP) is 5.92. The molecule has 31 heavy (non-hydrogen) atoms. The lowest BCUT2D eigenvalue weighted by Gasteiger charge is -2.33. The van der Waals surface area contributed by atoms with Crippen molar-refractivity contribution in [2.75, 3.05) is 0 Å². The molecule has 1 aliphatic carbocycles. The standard InChI is InChI=1S/C23H23N5OS2/c1-23(2,3)13-8-9-14-17(10-13)31-21-19(14)20-26-18(27-28(20)12-24-21)11-30-22-25-15-6-4-5-7-16(15)29-22/h4-7,12-13H,8-11H2,1-3H3/t13-/m0/s1. The molecule has 0 saturated heterocycles. The van der Waals surface area contributed by atoms with Crippen LogP contribution in [0.15, 0.2) is 40.2 Å². The van der Waals surface area contributed by atoms with Gasteiger partial charge in [0.1, 0.15) is 16.7 Å². The van der Waals surface area contributed by atoms with Crippen LogP contribution in [0.4, 0.5) is 0 Å². The molecule has 0 amide bonds. The van der Waals surface area contributed by atoms with Crippen molar-refractivity contribution in [2.24, 2.45) is 11.3 Å². The summed E-state index contributed by atoms with van der Waals surface area (Å²) in [4.78, 5) is 16.7. The lowest BCUT2D eigenvalue weighted by Crippen LogP contribution is -2.26. The number of fused-ring (bicyclic) bond motifs is 6. The summed E-state index contributed by atoms with van der Waals surface area (Å²) in [6, 6.07) is 7.81.